The summed E-state index contributed by atoms with van der Waals surface area (Å²) >= 11 is 1.56. The summed E-state index contributed by atoms with van der Waals surface area (Å²) in [4.78, 5) is 20.4. The molecule has 0 spiro atoms. The van der Waals surface area contributed by atoms with Gasteiger partial charge in [0.25, 0.3) is 0 Å². The van der Waals surface area contributed by atoms with Gasteiger partial charge in [0.2, 0.25) is 5.91 Å². The molecule has 2 heterocycles. The third-order valence-electron chi connectivity index (χ3n) is 3.77. The van der Waals surface area contributed by atoms with Crippen molar-refractivity contribution in [3.8, 4) is 0 Å². The van der Waals surface area contributed by atoms with Gasteiger partial charge in [0.1, 0.15) is 0 Å². The van der Waals surface area contributed by atoms with Crippen LogP contribution in [0.25, 0.3) is 0 Å². The first-order valence-electron chi connectivity index (χ1n) is 7.26. The lowest BCUT2D eigenvalue weighted by atomic mass is 10.2. The Labute approximate surface area is 137 Å². The van der Waals surface area contributed by atoms with E-state index >= 15 is 0 Å². The first kappa shape index (κ1) is 18.4. The maximum atomic E-state index is 11.5. The van der Waals surface area contributed by atoms with Gasteiger partial charge in [-0.15, -0.1) is 23.7 Å². The lowest BCUT2D eigenvalue weighted by Gasteiger charge is -2.23. The number of anilines is 1. The Bertz CT molecular complexity index is 454. The van der Waals surface area contributed by atoms with Crippen LogP contribution < -0.4 is 10.2 Å². The molecule has 1 saturated heterocycles. The molecule has 0 bridgehead atoms. The van der Waals surface area contributed by atoms with Crippen molar-refractivity contribution in [2.75, 3.05) is 31.6 Å². The van der Waals surface area contributed by atoms with Crippen molar-refractivity contribution in [3.05, 3.63) is 11.1 Å². The summed E-state index contributed by atoms with van der Waals surface area (Å²) in [5.74, 6) is 0.0580. The standard InChI is InChI=1S/C14H24N4OS.ClH/c1-4-18(11(2)19)14-16-12(10-20-14)9-17-7-5-6-13(17)8-15-3;/h10,13,15H,4-9H2,1-3H3;1H. The number of likely N-dealkylation sites (N-methyl/N-ethyl adjacent to an activating group) is 1. The molecule has 1 N–H and O–H groups in total. The molecule has 1 aromatic heterocycles. The zero-order valence-electron chi connectivity index (χ0n) is 13.0. The van der Waals surface area contributed by atoms with Gasteiger partial charge < -0.3 is 5.32 Å². The van der Waals surface area contributed by atoms with Gasteiger partial charge in [-0.1, -0.05) is 0 Å². The molecule has 1 atom stereocenters. The van der Waals surface area contributed by atoms with E-state index in [2.05, 4.69) is 20.6 Å². The Morgan fingerprint density at radius 2 is 2.38 bits per heavy atom. The highest BCUT2D eigenvalue weighted by Crippen LogP contribution is 2.24. The fourth-order valence-corrected chi connectivity index (χ4v) is 3.69. The highest BCUT2D eigenvalue weighted by Gasteiger charge is 2.24. The Morgan fingerprint density at radius 1 is 1.62 bits per heavy atom. The van der Waals surface area contributed by atoms with Gasteiger partial charge in [-0.2, -0.15) is 0 Å². The smallest absolute Gasteiger partial charge is 0.225 e. The third-order valence-corrected chi connectivity index (χ3v) is 4.68. The number of carbonyl (C=O) groups excluding carboxylic acids is 1. The van der Waals surface area contributed by atoms with E-state index in [1.807, 2.05) is 14.0 Å². The largest absolute Gasteiger partial charge is 0.318 e. The van der Waals surface area contributed by atoms with E-state index in [9.17, 15) is 4.79 Å². The Hall–Kier alpha value is -0.690. The van der Waals surface area contributed by atoms with Crippen LogP contribution in [0.3, 0.4) is 0 Å². The number of amides is 1. The summed E-state index contributed by atoms with van der Waals surface area (Å²) in [6.45, 7) is 7.31. The van der Waals surface area contributed by atoms with Crippen LogP contribution in [0.15, 0.2) is 5.38 Å². The first-order chi connectivity index (χ1) is 9.65. The highest BCUT2D eigenvalue weighted by molar-refractivity contribution is 7.14. The number of thiazole rings is 1. The Kier molecular flexibility index (Phi) is 7.59. The number of nitrogens with zero attached hydrogens (tertiary/aromatic N) is 3. The average Bonchev–Trinajstić information content (AvgIpc) is 3.02. The molecule has 120 valence electrons. The fourth-order valence-electron chi connectivity index (χ4n) is 2.76. The number of likely N-dealkylation sites (tertiary alicyclic amines) is 1. The number of hydrogen-bond acceptors (Lipinski definition) is 5. The maximum absolute atomic E-state index is 11.5. The van der Waals surface area contributed by atoms with Crippen LogP contribution in [0.5, 0.6) is 0 Å². The average molecular weight is 333 g/mol. The third kappa shape index (κ3) is 4.64. The topological polar surface area (TPSA) is 48.5 Å². The fraction of sp³-hybridized carbons (Fsp3) is 0.714. The molecule has 21 heavy (non-hydrogen) atoms. The van der Waals surface area contributed by atoms with Crippen LogP contribution in [-0.4, -0.2) is 48.5 Å². The summed E-state index contributed by atoms with van der Waals surface area (Å²) in [5.41, 5.74) is 1.08. The maximum Gasteiger partial charge on any atom is 0.225 e. The van der Waals surface area contributed by atoms with Crippen LogP contribution in [-0.2, 0) is 11.3 Å². The normalized spacial score (nSPS) is 18.5. The van der Waals surface area contributed by atoms with E-state index in [4.69, 9.17) is 0 Å². The molecule has 1 aliphatic heterocycles. The van der Waals surface area contributed by atoms with Crippen molar-refractivity contribution >= 4 is 34.8 Å². The van der Waals surface area contributed by atoms with Gasteiger partial charge >= 0.3 is 0 Å². The van der Waals surface area contributed by atoms with Gasteiger partial charge in [-0.3, -0.25) is 14.6 Å². The molecule has 0 radical (unpaired) electrons. The second-order valence-electron chi connectivity index (χ2n) is 5.21. The summed E-state index contributed by atoms with van der Waals surface area (Å²) in [6.07, 6.45) is 2.52. The highest BCUT2D eigenvalue weighted by atomic mass is 35.5. The Balaban J connectivity index is 0.00000220. The number of aromatic nitrogens is 1. The van der Waals surface area contributed by atoms with Crippen LogP contribution in [0.2, 0.25) is 0 Å². The zero-order valence-corrected chi connectivity index (χ0v) is 14.6. The van der Waals surface area contributed by atoms with Crippen molar-refractivity contribution in [1.29, 1.82) is 0 Å². The lowest BCUT2D eigenvalue weighted by Crippen LogP contribution is -2.36. The molecule has 1 amide bonds. The zero-order chi connectivity index (χ0) is 14.5. The van der Waals surface area contributed by atoms with Gasteiger partial charge in [0, 0.05) is 38.0 Å². The summed E-state index contributed by atoms with van der Waals surface area (Å²) < 4.78 is 0. The number of hydrogen-bond donors (Lipinski definition) is 1. The van der Waals surface area contributed by atoms with Crippen LogP contribution in [0.1, 0.15) is 32.4 Å². The molecule has 2 rings (SSSR count). The van der Waals surface area contributed by atoms with Crippen LogP contribution in [0.4, 0.5) is 5.13 Å². The van der Waals surface area contributed by atoms with Crippen LogP contribution in [0, 0.1) is 0 Å². The van der Waals surface area contributed by atoms with Gasteiger partial charge in [-0.25, -0.2) is 4.98 Å². The summed E-state index contributed by atoms with van der Waals surface area (Å²) in [7, 11) is 2.00. The van der Waals surface area contributed by atoms with Crippen molar-refractivity contribution in [2.24, 2.45) is 0 Å². The second-order valence-corrected chi connectivity index (χ2v) is 6.05. The van der Waals surface area contributed by atoms with E-state index in [1.54, 1.807) is 23.2 Å². The van der Waals surface area contributed by atoms with Gasteiger partial charge in [0.05, 0.1) is 5.69 Å². The number of halogens is 1. The lowest BCUT2D eigenvalue weighted by molar-refractivity contribution is -0.116. The molecule has 0 aliphatic carbocycles. The monoisotopic (exact) mass is 332 g/mol. The SMILES string of the molecule is CCN(C(C)=O)c1nc(CN2CCCC2CNC)cs1.Cl. The summed E-state index contributed by atoms with van der Waals surface area (Å²) in [6, 6.07) is 0.611. The number of carbonyl (C=O) groups is 1. The van der Waals surface area contributed by atoms with E-state index in [1.165, 1.54) is 12.8 Å². The van der Waals surface area contributed by atoms with Crippen molar-refractivity contribution in [2.45, 2.75) is 39.3 Å². The van der Waals surface area contributed by atoms with E-state index in [0.717, 1.165) is 30.5 Å². The molecule has 1 fully saturated rings. The molecule has 1 aromatic rings. The van der Waals surface area contributed by atoms with Crippen molar-refractivity contribution < 1.29 is 4.79 Å². The molecule has 7 heteroatoms. The molecule has 0 aromatic carbocycles. The molecular weight excluding hydrogens is 308 g/mol. The van der Waals surface area contributed by atoms with Crippen molar-refractivity contribution in [3.63, 3.8) is 0 Å². The first-order valence-corrected chi connectivity index (χ1v) is 8.14. The second kappa shape index (κ2) is 8.68. The van der Waals surface area contributed by atoms with Gasteiger partial charge in [0.15, 0.2) is 5.13 Å². The van der Waals surface area contributed by atoms with E-state index in [0.29, 0.717) is 12.6 Å². The summed E-state index contributed by atoms with van der Waals surface area (Å²) in [5, 5.41) is 6.16. The predicted octanol–water partition coefficient (Wildman–Crippen LogP) is 2.12. The quantitative estimate of drug-likeness (QED) is 0.867. The van der Waals surface area contributed by atoms with E-state index in [-0.39, 0.29) is 18.3 Å². The minimum atomic E-state index is 0. The predicted molar refractivity (Wildman–Crippen MR) is 90.4 cm³/mol. The molecule has 1 aliphatic rings. The van der Waals surface area contributed by atoms with E-state index < -0.39 is 0 Å². The minimum absolute atomic E-state index is 0. The number of rotatable bonds is 6. The molecular formula is C14H25ClN4OS. The Morgan fingerprint density at radius 3 is 3.00 bits per heavy atom. The van der Waals surface area contributed by atoms with Crippen LogP contribution >= 0.6 is 23.7 Å². The van der Waals surface area contributed by atoms with Crippen molar-refractivity contribution in [1.82, 2.24) is 15.2 Å². The number of nitrogens with one attached hydrogen (secondary N) is 1. The van der Waals surface area contributed by atoms with Gasteiger partial charge in [-0.05, 0) is 33.4 Å². The minimum Gasteiger partial charge on any atom is -0.318 e. The molecule has 5 nitrogen and oxygen atoms in total. The molecule has 0 saturated carbocycles. The molecule has 1 unspecified atom stereocenters.